The summed E-state index contributed by atoms with van der Waals surface area (Å²) in [6.07, 6.45) is 3.37. The molecule has 274 valence electrons. The van der Waals surface area contributed by atoms with Crippen molar-refractivity contribution in [3.05, 3.63) is 124 Å². The number of ether oxygens (including phenoxy) is 2. The number of methoxy groups -OCH3 is 1. The van der Waals surface area contributed by atoms with Crippen LogP contribution in [0.1, 0.15) is 27.2 Å². The molecule has 0 fully saturated rings. The number of aryl methyl sites for hydroxylation is 1. The molecule has 2 aromatic heterocycles. The molecule has 5 aromatic rings. The van der Waals surface area contributed by atoms with Crippen LogP contribution < -0.4 is 20.3 Å². The molecule has 11 nitrogen and oxygen atoms in total. The Kier molecular flexibility index (Phi) is 15.9. The van der Waals surface area contributed by atoms with Gasteiger partial charge >= 0.3 is 6.03 Å². The molecule has 3 aromatic carbocycles. The third kappa shape index (κ3) is 10.7. The van der Waals surface area contributed by atoms with Crippen LogP contribution in [0.25, 0.3) is 10.9 Å². The molecule has 2 N–H and O–H groups in total. The lowest BCUT2D eigenvalue weighted by molar-refractivity contribution is -0.117. The lowest BCUT2D eigenvalue weighted by atomic mass is 10.1. The predicted octanol–water partition coefficient (Wildman–Crippen LogP) is 7.74. The summed E-state index contributed by atoms with van der Waals surface area (Å²) < 4.78 is 11.3. The second-order valence-electron chi connectivity index (χ2n) is 11.4. The molecule has 5 rings (SSSR count). The van der Waals surface area contributed by atoms with Crippen LogP contribution in [0, 0.1) is 6.92 Å². The van der Waals surface area contributed by atoms with Crippen molar-refractivity contribution in [3.63, 3.8) is 0 Å². The van der Waals surface area contributed by atoms with Gasteiger partial charge in [0, 0.05) is 72.6 Å². The van der Waals surface area contributed by atoms with Gasteiger partial charge in [0.1, 0.15) is 17.9 Å². The SMILES string of the molecule is COCCN(Cc1cccnc1)C(=O)c1cccc(NC(=O)NCC(=O)N(C)c2ccc(Cl)c(COc3cccc4ccc(C)nc34)c2Cl)c1.Cl.Cl. The number of carbonyl (C=O) groups is 3. The number of anilines is 2. The van der Waals surface area contributed by atoms with Crippen molar-refractivity contribution in [3.8, 4) is 5.75 Å². The van der Waals surface area contributed by atoms with Crippen molar-refractivity contribution in [1.29, 1.82) is 0 Å². The number of fused-ring (bicyclic) bond motifs is 1. The van der Waals surface area contributed by atoms with Crippen molar-refractivity contribution in [2.24, 2.45) is 0 Å². The molecule has 0 aliphatic carbocycles. The van der Waals surface area contributed by atoms with Crippen LogP contribution in [0.5, 0.6) is 5.75 Å². The first-order chi connectivity index (χ1) is 24.1. The number of para-hydroxylation sites is 1. The van der Waals surface area contributed by atoms with Crippen LogP contribution >= 0.6 is 48.0 Å². The summed E-state index contributed by atoms with van der Waals surface area (Å²) in [5, 5.41) is 6.81. The van der Waals surface area contributed by atoms with Crippen LogP contribution in [0.15, 0.2) is 91.3 Å². The Balaban J connectivity index is 0.00000364. The van der Waals surface area contributed by atoms with Gasteiger partial charge in [-0.2, -0.15) is 0 Å². The van der Waals surface area contributed by atoms with Crippen LogP contribution in [0.2, 0.25) is 10.0 Å². The Morgan fingerprint density at radius 2 is 1.73 bits per heavy atom. The van der Waals surface area contributed by atoms with E-state index in [4.69, 9.17) is 32.7 Å². The van der Waals surface area contributed by atoms with E-state index in [1.54, 1.807) is 67.8 Å². The van der Waals surface area contributed by atoms with E-state index in [1.165, 1.54) is 4.90 Å². The van der Waals surface area contributed by atoms with Gasteiger partial charge in [-0.15, -0.1) is 24.8 Å². The van der Waals surface area contributed by atoms with E-state index in [1.807, 2.05) is 49.4 Å². The second kappa shape index (κ2) is 19.8. The van der Waals surface area contributed by atoms with Gasteiger partial charge in [0.2, 0.25) is 5.91 Å². The quantitative estimate of drug-likeness (QED) is 0.125. The highest BCUT2D eigenvalue weighted by atomic mass is 35.5. The minimum atomic E-state index is -0.627. The molecule has 0 atom stereocenters. The number of nitrogens with zero attached hydrogens (tertiary/aromatic N) is 4. The number of carbonyl (C=O) groups excluding carboxylic acids is 3. The van der Waals surface area contributed by atoms with Gasteiger partial charge in [-0.25, -0.2) is 9.78 Å². The Bertz CT molecular complexity index is 2000. The largest absolute Gasteiger partial charge is 0.487 e. The molecule has 0 aliphatic heterocycles. The first kappa shape index (κ1) is 41.8. The molecule has 4 amide bonds. The number of pyridine rings is 2. The van der Waals surface area contributed by atoms with Gasteiger partial charge in [-0.1, -0.05) is 53.5 Å². The number of urea groups is 1. The number of halogens is 4. The van der Waals surface area contributed by atoms with E-state index >= 15 is 0 Å². The van der Waals surface area contributed by atoms with Crippen molar-refractivity contribution < 1.29 is 23.9 Å². The fourth-order valence-corrected chi connectivity index (χ4v) is 5.73. The summed E-state index contributed by atoms with van der Waals surface area (Å²) in [7, 11) is 3.12. The molecular formula is C37H38Cl4N6O5. The fraction of sp³-hybridized carbons (Fsp3) is 0.216. The molecule has 15 heteroatoms. The van der Waals surface area contributed by atoms with Gasteiger partial charge < -0.3 is 29.9 Å². The number of aromatic nitrogens is 2. The summed E-state index contributed by atoms with van der Waals surface area (Å²) in [6, 6.07) is 22.5. The number of hydrogen-bond acceptors (Lipinski definition) is 7. The lowest BCUT2D eigenvalue weighted by Gasteiger charge is -2.23. The van der Waals surface area contributed by atoms with Gasteiger partial charge in [0.05, 0.1) is 23.9 Å². The van der Waals surface area contributed by atoms with Crippen molar-refractivity contribution >= 4 is 88.1 Å². The monoisotopic (exact) mass is 786 g/mol. The van der Waals surface area contributed by atoms with Crippen molar-refractivity contribution in [1.82, 2.24) is 20.2 Å². The first-order valence-corrected chi connectivity index (χ1v) is 16.4. The van der Waals surface area contributed by atoms with Crippen molar-refractivity contribution in [2.45, 2.75) is 20.1 Å². The lowest BCUT2D eigenvalue weighted by Crippen LogP contribution is -2.40. The van der Waals surface area contributed by atoms with Crippen LogP contribution in [-0.4, -0.2) is 66.6 Å². The topological polar surface area (TPSA) is 126 Å². The molecule has 0 saturated carbocycles. The highest BCUT2D eigenvalue weighted by molar-refractivity contribution is 6.38. The Morgan fingerprint density at radius 3 is 2.48 bits per heavy atom. The van der Waals surface area contributed by atoms with Crippen molar-refractivity contribution in [2.75, 3.05) is 44.1 Å². The maximum Gasteiger partial charge on any atom is 0.319 e. The Morgan fingerprint density at radius 1 is 0.942 bits per heavy atom. The number of likely N-dealkylation sites (N-methyl/N-ethyl adjacent to an activating group) is 1. The maximum atomic E-state index is 13.4. The summed E-state index contributed by atoms with van der Waals surface area (Å²) in [4.78, 5) is 51.1. The van der Waals surface area contributed by atoms with Gasteiger partial charge in [-0.05, 0) is 61.0 Å². The van der Waals surface area contributed by atoms with Gasteiger partial charge in [0.15, 0.2) is 0 Å². The molecule has 0 bridgehead atoms. The zero-order chi connectivity index (χ0) is 35.6. The van der Waals surface area contributed by atoms with Crippen LogP contribution in [-0.2, 0) is 22.7 Å². The number of amides is 4. The zero-order valence-corrected chi connectivity index (χ0v) is 31.7. The van der Waals surface area contributed by atoms with E-state index in [0.29, 0.717) is 53.0 Å². The fourth-order valence-electron chi connectivity index (χ4n) is 5.12. The normalized spacial score (nSPS) is 10.4. The molecule has 0 unspecified atom stereocenters. The van der Waals surface area contributed by atoms with E-state index in [-0.39, 0.29) is 48.9 Å². The van der Waals surface area contributed by atoms with E-state index in [9.17, 15) is 14.4 Å². The van der Waals surface area contributed by atoms with Crippen LogP contribution in [0.4, 0.5) is 16.2 Å². The minimum absolute atomic E-state index is 0. The average Bonchev–Trinajstić information content (AvgIpc) is 3.12. The smallest absolute Gasteiger partial charge is 0.319 e. The summed E-state index contributed by atoms with van der Waals surface area (Å²) in [6.45, 7) is 2.68. The second-order valence-corrected chi connectivity index (χ2v) is 12.1. The highest BCUT2D eigenvalue weighted by Crippen LogP contribution is 2.35. The standard InChI is InChI=1S/C37H36Cl2N6O5.2ClH/c1-24-12-13-26-8-5-11-32(35(26)42-24)50-23-29-30(38)14-15-31(34(29)39)44(2)33(46)21-41-37(48)43-28-10-4-9-27(19-28)36(47)45(17-18-49-3)22-25-7-6-16-40-20-25;;/h4-16,19-20H,17-18,21-23H2,1-3H3,(H2,41,43,48);2*1H. The minimum Gasteiger partial charge on any atom is -0.487 e. The molecule has 52 heavy (non-hydrogen) atoms. The highest BCUT2D eigenvalue weighted by Gasteiger charge is 2.21. The molecule has 0 aliphatic rings. The molecule has 0 spiro atoms. The first-order valence-electron chi connectivity index (χ1n) is 15.7. The van der Waals surface area contributed by atoms with Gasteiger partial charge in [-0.3, -0.25) is 14.6 Å². The number of hydrogen-bond donors (Lipinski definition) is 2. The number of rotatable bonds is 13. The summed E-state index contributed by atoms with van der Waals surface area (Å²) in [5.74, 6) is -0.0928. The van der Waals surface area contributed by atoms with E-state index in [2.05, 4.69) is 20.6 Å². The third-order valence-corrected chi connectivity index (χ3v) is 8.59. The predicted molar refractivity (Wildman–Crippen MR) is 209 cm³/mol. The molecule has 2 heterocycles. The number of benzene rings is 3. The van der Waals surface area contributed by atoms with E-state index in [0.717, 1.165) is 22.2 Å². The molecule has 0 radical (unpaired) electrons. The van der Waals surface area contributed by atoms with Crippen LogP contribution in [0.3, 0.4) is 0 Å². The maximum absolute atomic E-state index is 13.4. The summed E-state index contributed by atoms with van der Waals surface area (Å²) in [5.41, 5.74) is 4.09. The number of nitrogens with one attached hydrogen (secondary N) is 2. The average molecular weight is 789 g/mol. The van der Waals surface area contributed by atoms with Gasteiger partial charge in [0.25, 0.3) is 5.91 Å². The zero-order valence-electron chi connectivity index (χ0n) is 28.6. The Labute approximate surface area is 324 Å². The Hall–Kier alpha value is -4.65. The molecular weight excluding hydrogens is 750 g/mol. The molecule has 0 saturated heterocycles. The van der Waals surface area contributed by atoms with E-state index < -0.39 is 11.9 Å². The summed E-state index contributed by atoms with van der Waals surface area (Å²) >= 11 is 13.3. The third-order valence-electron chi connectivity index (χ3n) is 7.81.